The zero-order chi connectivity index (χ0) is 16.2. The fraction of sp³-hybridized carbons (Fsp3) is 0.706. The molecular formula is C17H32N4. The van der Waals surface area contributed by atoms with Gasteiger partial charge in [-0.15, -0.1) is 0 Å². The van der Waals surface area contributed by atoms with E-state index < -0.39 is 0 Å². The summed E-state index contributed by atoms with van der Waals surface area (Å²) >= 11 is 0. The molecule has 0 saturated carbocycles. The minimum Gasteiger partial charge on any atom is -0.353 e. The van der Waals surface area contributed by atoms with E-state index in [2.05, 4.69) is 70.6 Å². The highest BCUT2D eigenvalue weighted by Gasteiger charge is 2.20. The molecule has 1 heterocycles. The molecule has 0 amide bonds. The smallest absolute Gasteiger partial charge is 0.129 e. The predicted octanol–water partition coefficient (Wildman–Crippen LogP) is 2.61. The van der Waals surface area contributed by atoms with E-state index in [9.17, 15) is 0 Å². The fourth-order valence-electron chi connectivity index (χ4n) is 2.55. The highest BCUT2D eigenvalue weighted by atomic mass is 15.2. The Morgan fingerprint density at radius 1 is 1.24 bits per heavy atom. The van der Waals surface area contributed by atoms with Crippen LogP contribution in [0.1, 0.15) is 45.9 Å². The second-order valence-electron chi connectivity index (χ2n) is 7.07. The zero-order valence-corrected chi connectivity index (χ0v) is 14.8. The van der Waals surface area contributed by atoms with Gasteiger partial charge in [-0.1, -0.05) is 20.8 Å². The van der Waals surface area contributed by atoms with Gasteiger partial charge in [0.15, 0.2) is 0 Å². The summed E-state index contributed by atoms with van der Waals surface area (Å²) in [5.74, 6) is 1.04. The summed E-state index contributed by atoms with van der Waals surface area (Å²) in [4.78, 5) is 9.47. The van der Waals surface area contributed by atoms with Gasteiger partial charge in [0.1, 0.15) is 5.82 Å². The molecule has 2 N–H and O–H groups in total. The van der Waals surface area contributed by atoms with Gasteiger partial charge in [0.05, 0.1) is 0 Å². The third kappa shape index (κ3) is 4.97. The molecule has 4 heteroatoms. The summed E-state index contributed by atoms with van der Waals surface area (Å²) in [6.07, 6.45) is 0. The van der Waals surface area contributed by atoms with Crippen LogP contribution in [0.2, 0.25) is 0 Å². The van der Waals surface area contributed by atoms with E-state index >= 15 is 0 Å². The Bertz CT molecular complexity index is 449. The zero-order valence-electron chi connectivity index (χ0n) is 14.8. The number of nitrogens with zero attached hydrogens (tertiary/aromatic N) is 3. The normalized spacial score (nSPS) is 13.6. The van der Waals surface area contributed by atoms with Gasteiger partial charge in [0.2, 0.25) is 0 Å². The summed E-state index contributed by atoms with van der Waals surface area (Å²) in [5, 5.41) is 0. The summed E-state index contributed by atoms with van der Waals surface area (Å²) in [5.41, 5.74) is 8.17. The SMILES string of the molecule is CCN(c1cc(CN)cc(C(C)(C)C)n1)C(C)CN(C)C. The van der Waals surface area contributed by atoms with Crippen molar-refractivity contribution in [3.63, 3.8) is 0 Å². The molecule has 0 aliphatic carbocycles. The van der Waals surface area contributed by atoms with Crippen LogP contribution in [-0.2, 0) is 12.0 Å². The van der Waals surface area contributed by atoms with Gasteiger partial charge >= 0.3 is 0 Å². The van der Waals surface area contributed by atoms with Gasteiger partial charge in [-0.2, -0.15) is 0 Å². The van der Waals surface area contributed by atoms with E-state index in [1.54, 1.807) is 0 Å². The summed E-state index contributed by atoms with van der Waals surface area (Å²) < 4.78 is 0. The van der Waals surface area contributed by atoms with Crippen molar-refractivity contribution < 1.29 is 0 Å². The minimum atomic E-state index is 0.0319. The fourth-order valence-corrected chi connectivity index (χ4v) is 2.55. The van der Waals surface area contributed by atoms with Crippen LogP contribution in [0.15, 0.2) is 12.1 Å². The van der Waals surface area contributed by atoms with Crippen LogP contribution in [0.3, 0.4) is 0 Å². The van der Waals surface area contributed by atoms with Crippen LogP contribution < -0.4 is 10.6 Å². The number of hydrogen-bond donors (Lipinski definition) is 1. The molecular weight excluding hydrogens is 260 g/mol. The molecule has 1 atom stereocenters. The van der Waals surface area contributed by atoms with Crippen LogP contribution in [0, 0.1) is 0 Å². The monoisotopic (exact) mass is 292 g/mol. The van der Waals surface area contributed by atoms with Gasteiger partial charge in [0.25, 0.3) is 0 Å². The van der Waals surface area contributed by atoms with Gasteiger partial charge in [0, 0.05) is 36.8 Å². The minimum absolute atomic E-state index is 0.0319. The highest BCUT2D eigenvalue weighted by molar-refractivity contribution is 5.45. The molecule has 1 aromatic rings. The number of nitrogens with two attached hydrogens (primary N) is 1. The van der Waals surface area contributed by atoms with E-state index in [1.807, 2.05) is 0 Å². The van der Waals surface area contributed by atoms with Gasteiger partial charge < -0.3 is 15.5 Å². The molecule has 120 valence electrons. The molecule has 0 aliphatic rings. The molecule has 0 fully saturated rings. The first-order valence-electron chi connectivity index (χ1n) is 7.82. The largest absolute Gasteiger partial charge is 0.353 e. The van der Waals surface area contributed by atoms with Crippen LogP contribution >= 0.6 is 0 Å². The van der Waals surface area contributed by atoms with Crippen molar-refractivity contribution in [3.8, 4) is 0 Å². The lowest BCUT2D eigenvalue weighted by Crippen LogP contribution is -2.40. The van der Waals surface area contributed by atoms with E-state index in [0.29, 0.717) is 12.6 Å². The second kappa shape index (κ2) is 7.23. The van der Waals surface area contributed by atoms with E-state index in [1.165, 1.54) is 0 Å². The predicted molar refractivity (Wildman–Crippen MR) is 91.9 cm³/mol. The van der Waals surface area contributed by atoms with E-state index in [-0.39, 0.29) is 5.41 Å². The van der Waals surface area contributed by atoms with Gasteiger partial charge in [-0.05, 0) is 45.6 Å². The molecule has 1 rings (SSSR count). The number of anilines is 1. The highest BCUT2D eigenvalue weighted by Crippen LogP contribution is 2.25. The maximum atomic E-state index is 5.87. The quantitative estimate of drug-likeness (QED) is 0.875. The van der Waals surface area contributed by atoms with Gasteiger partial charge in [-0.25, -0.2) is 4.98 Å². The topological polar surface area (TPSA) is 45.4 Å². The van der Waals surface area contributed by atoms with Crippen LogP contribution in [-0.4, -0.2) is 43.1 Å². The molecule has 21 heavy (non-hydrogen) atoms. The Morgan fingerprint density at radius 2 is 1.86 bits per heavy atom. The lowest BCUT2D eigenvalue weighted by molar-refractivity contribution is 0.372. The molecule has 0 aliphatic heterocycles. The average molecular weight is 292 g/mol. The molecule has 0 radical (unpaired) electrons. The Hall–Kier alpha value is -1.13. The molecule has 1 unspecified atom stereocenters. The van der Waals surface area contributed by atoms with Crippen LogP contribution in [0.5, 0.6) is 0 Å². The number of pyridine rings is 1. The summed E-state index contributed by atoms with van der Waals surface area (Å²) in [7, 11) is 4.21. The Labute approximate surface area is 130 Å². The maximum Gasteiger partial charge on any atom is 0.129 e. The standard InChI is InChI=1S/C17H32N4/c1-8-21(13(2)12-20(6)7)16-10-14(11-18)9-15(19-16)17(3,4)5/h9-10,13H,8,11-12,18H2,1-7H3. The van der Waals surface area contributed by atoms with Gasteiger partial charge in [-0.3, -0.25) is 0 Å². The third-order valence-electron chi connectivity index (χ3n) is 3.67. The molecule has 0 aromatic carbocycles. The number of hydrogen-bond acceptors (Lipinski definition) is 4. The number of aromatic nitrogens is 1. The van der Waals surface area contributed by atoms with Crippen LogP contribution in [0.25, 0.3) is 0 Å². The lowest BCUT2D eigenvalue weighted by atomic mass is 9.90. The van der Waals surface area contributed by atoms with Crippen molar-refractivity contribution in [3.05, 3.63) is 23.4 Å². The van der Waals surface area contributed by atoms with Crippen molar-refractivity contribution in [2.45, 2.75) is 52.6 Å². The second-order valence-corrected chi connectivity index (χ2v) is 7.07. The third-order valence-corrected chi connectivity index (χ3v) is 3.67. The molecule has 1 aromatic heterocycles. The van der Waals surface area contributed by atoms with Crippen LogP contribution in [0.4, 0.5) is 5.82 Å². The van der Waals surface area contributed by atoms with Crippen molar-refractivity contribution >= 4 is 5.82 Å². The van der Waals surface area contributed by atoms with E-state index in [0.717, 1.165) is 30.2 Å². The number of rotatable bonds is 6. The summed E-state index contributed by atoms with van der Waals surface area (Å²) in [6.45, 7) is 13.5. The van der Waals surface area contributed by atoms with Crippen molar-refractivity contribution in [2.24, 2.45) is 5.73 Å². The molecule has 4 nitrogen and oxygen atoms in total. The van der Waals surface area contributed by atoms with Crippen molar-refractivity contribution in [1.29, 1.82) is 0 Å². The molecule has 0 bridgehead atoms. The Morgan fingerprint density at radius 3 is 2.29 bits per heavy atom. The first kappa shape index (κ1) is 17.9. The molecule has 0 saturated heterocycles. The van der Waals surface area contributed by atoms with Crippen molar-refractivity contribution in [2.75, 3.05) is 32.1 Å². The Balaban J connectivity index is 3.19. The average Bonchev–Trinajstić information content (AvgIpc) is 2.37. The first-order chi connectivity index (χ1) is 9.68. The maximum absolute atomic E-state index is 5.87. The lowest BCUT2D eigenvalue weighted by Gasteiger charge is -2.32. The summed E-state index contributed by atoms with van der Waals surface area (Å²) in [6, 6.07) is 4.68. The van der Waals surface area contributed by atoms with E-state index in [4.69, 9.17) is 10.7 Å². The molecule has 0 spiro atoms. The van der Waals surface area contributed by atoms with Crippen molar-refractivity contribution in [1.82, 2.24) is 9.88 Å². The Kier molecular flexibility index (Phi) is 6.17. The number of likely N-dealkylation sites (N-methyl/N-ethyl adjacent to an activating group) is 2. The first-order valence-corrected chi connectivity index (χ1v) is 7.82.